The van der Waals surface area contributed by atoms with Crippen molar-refractivity contribution in [2.45, 2.75) is 13.1 Å². The zero-order valence-electron chi connectivity index (χ0n) is 13.6. The molecule has 0 heterocycles. The van der Waals surface area contributed by atoms with Gasteiger partial charge in [0.25, 0.3) is 0 Å². The Balaban J connectivity index is 1.56. The average Bonchev–Trinajstić information content (AvgIpc) is 2.65. The highest BCUT2D eigenvalue weighted by Gasteiger charge is 2.02. The first-order valence-electron chi connectivity index (χ1n) is 7.87. The maximum absolute atomic E-state index is 11.9. The van der Waals surface area contributed by atoms with E-state index in [0.717, 1.165) is 27.6 Å². The molecule has 0 atom stereocenters. The molecule has 0 unspecified atom stereocenters. The summed E-state index contributed by atoms with van der Waals surface area (Å²) < 4.78 is 5.23. The zero-order chi connectivity index (χ0) is 16.8. The maximum atomic E-state index is 11.9. The Kier molecular flexibility index (Phi) is 4.96. The van der Waals surface area contributed by atoms with Crippen molar-refractivity contribution in [1.29, 1.82) is 0 Å². The minimum atomic E-state index is -0.173. The molecule has 2 amide bonds. The number of carbonyl (C=O) groups is 1. The minimum absolute atomic E-state index is 0.173. The van der Waals surface area contributed by atoms with Crippen LogP contribution in [0.4, 0.5) is 4.79 Å². The highest BCUT2D eigenvalue weighted by atomic mass is 16.5. The van der Waals surface area contributed by atoms with Crippen molar-refractivity contribution in [3.05, 3.63) is 77.9 Å². The van der Waals surface area contributed by atoms with E-state index in [0.29, 0.717) is 13.1 Å². The standard InChI is InChI=1S/C20H20N2O2/c1-24-19-10-9-17-11-16(7-8-18(17)12-19)14-22-20(23)21-13-15-5-3-2-4-6-15/h2-12H,13-14H2,1H3,(H2,21,22,23). The lowest BCUT2D eigenvalue weighted by Gasteiger charge is -2.09. The van der Waals surface area contributed by atoms with Gasteiger partial charge in [0.2, 0.25) is 0 Å². The van der Waals surface area contributed by atoms with Crippen LogP contribution in [0.3, 0.4) is 0 Å². The van der Waals surface area contributed by atoms with Crippen LogP contribution in [0, 0.1) is 0 Å². The van der Waals surface area contributed by atoms with Crippen LogP contribution in [-0.4, -0.2) is 13.1 Å². The van der Waals surface area contributed by atoms with Gasteiger partial charge in [0, 0.05) is 13.1 Å². The number of ether oxygens (including phenoxy) is 1. The van der Waals surface area contributed by atoms with Gasteiger partial charge in [0.05, 0.1) is 7.11 Å². The van der Waals surface area contributed by atoms with E-state index in [-0.39, 0.29) is 6.03 Å². The van der Waals surface area contributed by atoms with Crippen molar-refractivity contribution in [3.63, 3.8) is 0 Å². The van der Waals surface area contributed by atoms with Crippen LogP contribution in [0.2, 0.25) is 0 Å². The van der Waals surface area contributed by atoms with Gasteiger partial charge in [-0.3, -0.25) is 0 Å². The molecule has 3 aromatic rings. The Bertz CT molecular complexity index is 831. The van der Waals surface area contributed by atoms with Gasteiger partial charge in [-0.15, -0.1) is 0 Å². The van der Waals surface area contributed by atoms with Crippen molar-refractivity contribution in [2.24, 2.45) is 0 Å². The topological polar surface area (TPSA) is 50.4 Å². The van der Waals surface area contributed by atoms with Crippen LogP contribution < -0.4 is 15.4 Å². The number of fused-ring (bicyclic) bond motifs is 1. The lowest BCUT2D eigenvalue weighted by molar-refractivity contribution is 0.240. The third kappa shape index (κ3) is 4.04. The molecule has 122 valence electrons. The van der Waals surface area contributed by atoms with E-state index in [9.17, 15) is 4.79 Å². The molecule has 2 N–H and O–H groups in total. The van der Waals surface area contributed by atoms with Gasteiger partial charge in [0.15, 0.2) is 0 Å². The zero-order valence-corrected chi connectivity index (χ0v) is 13.6. The molecular formula is C20H20N2O2. The van der Waals surface area contributed by atoms with E-state index in [2.05, 4.69) is 16.7 Å². The fraction of sp³-hybridized carbons (Fsp3) is 0.150. The Morgan fingerprint density at radius 1 is 0.833 bits per heavy atom. The second-order valence-corrected chi connectivity index (χ2v) is 5.57. The van der Waals surface area contributed by atoms with Crippen molar-refractivity contribution in [1.82, 2.24) is 10.6 Å². The third-order valence-electron chi connectivity index (χ3n) is 3.86. The van der Waals surface area contributed by atoms with Gasteiger partial charge >= 0.3 is 6.03 Å². The van der Waals surface area contributed by atoms with Crippen LogP contribution in [0.5, 0.6) is 5.75 Å². The number of urea groups is 1. The van der Waals surface area contributed by atoms with E-state index >= 15 is 0 Å². The van der Waals surface area contributed by atoms with Crippen molar-refractivity contribution >= 4 is 16.8 Å². The third-order valence-corrected chi connectivity index (χ3v) is 3.86. The largest absolute Gasteiger partial charge is 0.497 e. The van der Waals surface area contributed by atoms with Gasteiger partial charge < -0.3 is 15.4 Å². The lowest BCUT2D eigenvalue weighted by Crippen LogP contribution is -2.34. The molecule has 0 radical (unpaired) electrons. The summed E-state index contributed by atoms with van der Waals surface area (Å²) in [6.45, 7) is 1.01. The fourth-order valence-electron chi connectivity index (χ4n) is 2.53. The first-order valence-corrected chi connectivity index (χ1v) is 7.87. The summed E-state index contributed by atoms with van der Waals surface area (Å²) >= 11 is 0. The molecule has 0 aliphatic heterocycles. The molecular weight excluding hydrogens is 300 g/mol. The number of carbonyl (C=O) groups excluding carboxylic acids is 1. The number of hydrogen-bond donors (Lipinski definition) is 2. The van der Waals surface area contributed by atoms with Gasteiger partial charge in [-0.2, -0.15) is 0 Å². The quantitative estimate of drug-likeness (QED) is 0.750. The molecule has 3 rings (SSSR count). The van der Waals surface area contributed by atoms with Crippen LogP contribution in [0.25, 0.3) is 10.8 Å². The molecule has 0 saturated carbocycles. The summed E-state index contributed by atoms with van der Waals surface area (Å²) in [5.41, 5.74) is 2.13. The number of methoxy groups -OCH3 is 1. The van der Waals surface area contributed by atoms with E-state index in [4.69, 9.17) is 4.74 Å². The van der Waals surface area contributed by atoms with Gasteiger partial charge in [-0.05, 0) is 40.1 Å². The van der Waals surface area contributed by atoms with Crippen LogP contribution in [0.1, 0.15) is 11.1 Å². The Morgan fingerprint density at radius 2 is 1.50 bits per heavy atom. The van der Waals surface area contributed by atoms with Gasteiger partial charge in [-0.25, -0.2) is 4.79 Å². The molecule has 0 aromatic heterocycles. The summed E-state index contributed by atoms with van der Waals surface area (Å²) in [5, 5.41) is 7.98. The van der Waals surface area contributed by atoms with E-state index in [1.807, 2.05) is 60.7 Å². The number of nitrogens with one attached hydrogen (secondary N) is 2. The molecule has 0 fully saturated rings. The van der Waals surface area contributed by atoms with E-state index in [1.54, 1.807) is 7.11 Å². The van der Waals surface area contributed by atoms with E-state index < -0.39 is 0 Å². The Morgan fingerprint density at radius 3 is 2.25 bits per heavy atom. The molecule has 4 nitrogen and oxygen atoms in total. The van der Waals surface area contributed by atoms with Crippen LogP contribution in [-0.2, 0) is 13.1 Å². The van der Waals surface area contributed by atoms with Crippen LogP contribution >= 0.6 is 0 Å². The molecule has 4 heteroatoms. The fourth-order valence-corrected chi connectivity index (χ4v) is 2.53. The second-order valence-electron chi connectivity index (χ2n) is 5.57. The summed E-state index contributed by atoms with van der Waals surface area (Å²) in [7, 11) is 1.66. The van der Waals surface area contributed by atoms with Gasteiger partial charge in [-0.1, -0.05) is 48.5 Å². The second kappa shape index (κ2) is 7.51. The summed E-state index contributed by atoms with van der Waals surface area (Å²) in [6.07, 6.45) is 0. The SMILES string of the molecule is COc1ccc2cc(CNC(=O)NCc3ccccc3)ccc2c1. The number of amides is 2. The van der Waals surface area contributed by atoms with Crippen LogP contribution in [0.15, 0.2) is 66.7 Å². The van der Waals surface area contributed by atoms with Crippen molar-refractivity contribution < 1.29 is 9.53 Å². The highest BCUT2D eigenvalue weighted by molar-refractivity contribution is 5.84. The number of benzene rings is 3. The Hall–Kier alpha value is -3.01. The molecule has 0 aliphatic carbocycles. The lowest BCUT2D eigenvalue weighted by atomic mass is 10.1. The smallest absolute Gasteiger partial charge is 0.315 e. The number of rotatable bonds is 5. The maximum Gasteiger partial charge on any atom is 0.315 e. The van der Waals surface area contributed by atoms with E-state index in [1.165, 1.54) is 0 Å². The highest BCUT2D eigenvalue weighted by Crippen LogP contribution is 2.21. The average molecular weight is 320 g/mol. The van der Waals surface area contributed by atoms with Crippen molar-refractivity contribution in [3.8, 4) is 5.75 Å². The molecule has 24 heavy (non-hydrogen) atoms. The summed E-state index contributed by atoms with van der Waals surface area (Å²) in [4.78, 5) is 11.9. The normalized spacial score (nSPS) is 10.4. The van der Waals surface area contributed by atoms with Crippen molar-refractivity contribution in [2.75, 3.05) is 7.11 Å². The van der Waals surface area contributed by atoms with Gasteiger partial charge in [0.1, 0.15) is 5.75 Å². The minimum Gasteiger partial charge on any atom is -0.497 e. The molecule has 0 bridgehead atoms. The monoisotopic (exact) mass is 320 g/mol. The summed E-state index contributed by atoms with van der Waals surface area (Å²) in [6, 6.07) is 21.8. The summed E-state index contributed by atoms with van der Waals surface area (Å²) in [5.74, 6) is 0.841. The molecule has 0 spiro atoms. The Labute approximate surface area is 141 Å². The predicted octanol–water partition coefficient (Wildman–Crippen LogP) is 3.85. The molecule has 0 saturated heterocycles. The molecule has 0 aliphatic rings. The number of hydrogen-bond acceptors (Lipinski definition) is 2. The predicted molar refractivity (Wildman–Crippen MR) is 96.0 cm³/mol. The first kappa shape index (κ1) is 15.9. The molecule has 3 aromatic carbocycles. The first-order chi connectivity index (χ1) is 11.7.